The van der Waals surface area contributed by atoms with Crippen molar-refractivity contribution in [2.45, 2.75) is 94.6 Å². The number of allylic oxidation sites excluding steroid dienone is 1. The molecule has 0 bridgehead atoms. The molecular weight excluding hydrogens is 747 g/mol. The van der Waals surface area contributed by atoms with Crippen molar-refractivity contribution < 1.29 is 41.9 Å². The number of ether oxygens (including phenoxy) is 2. The molecule has 5 aliphatic rings. The van der Waals surface area contributed by atoms with E-state index in [0.717, 1.165) is 18.4 Å². The highest BCUT2D eigenvalue weighted by Gasteiger charge is 2.63. The van der Waals surface area contributed by atoms with Gasteiger partial charge in [0.05, 0.1) is 30.6 Å². The number of hydrogen-bond donors (Lipinski definition) is 2. The Labute approximate surface area is 325 Å². The van der Waals surface area contributed by atoms with Gasteiger partial charge in [-0.25, -0.2) is 13.4 Å². The first-order valence-electron chi connectivity index (χ1n) is 19.2. The van der Waals surface area contributed by atoms with E-state index < -0.39 is 62.4 Å². The molecule has 7 rings (SSSR count). The Balaban J connectivity index is 1.16. The van der Waals surface area contributed by atoms with Crippen LogP contribution < -0.4 is 14.8 Å². The second kappa shape index (κ2) is 15.7. The molecule has 0 unspecified atom stereocenters. The number of hydrogen-bond acceptors (Lipinski definition) is 11. The number of amides is 4. The molecule has 55 heavy (non-hydrogen) atoms. The Kier molecular flexibility index (Phi) is 11.1. The highest BCUT2D eigenvalue weighted by molar-refractivity contribution is 7.91. The molecule has 1 aromatic carbocycles. The Hall–Kier alpha value is -4.31. The maximum Gasteiger partial charge on any atom is 0.306 e. The molecule has 4 heterocycles. The fourth-order valence-corrected chi connectivity index (χ4v) is 10.4. The summed E-state index contributed by atoms with van der Waals surface area (Å²) in [5.74, 6) is -3.66. The number of esters is 1. The van der Waals surface area contributed by atoms with E-state index in [0.29, 0.717) is 48.6 Å². The van der Waals surface area contributed by atoms with Crippen molar-refractivity contribution in [2.24, 2.45) is 23.7 Å². The molecule has 0 radical (unpaired) electrons. The normalized spacial score (nSPS) is 28.9. The van der Waals surface area contributed by atoms with E-state index in [4.69, 9.17) is 9.47 Å². The monoisotopic (exact) mass is 795 g/mol. The fraction of sp³-hybridized carbons (Fsp3) is 0.590. The standard InChI is InChI=1S/C39H49N5O9S2/c1-23(2)53-32(45)17-25-9-7-5-4-6-8-10-27-18-39(27,38(49)42-55(50,51)29-15-16-29)41-34(46)33-30-21-43(19-26(30)20-44(33)36(25)47)37(48)35-40-31(22-54-35)24-11-13-28(52-3)14-12-24/h8,10-14,22-23,25-27,29-30,33H,4-7,9,15-21H2,1-3H3,(H,41,46)(H,42,49)/b10-8-/t25-,26+,27-,30+,33+,39-/m1/s1. The third kappa shape index (κ3) is 8.30. The number of rotatable bonds is 9. The van der Waals surface area contributed by atoms with Gasteiger partial charge in [-0.1, -0.05) is 25.0 Å². The van der Waals surface area contributed by atoms with Crippen LogP contribution in [-0.4, -0.2) is 102 Å². The molecule has 14 nitrogen and oxygen atoms in total. The molecule has 2 saturated heterocycles. The number of carbonyl (C=O) groups is 5. The molecular formula is C39H49N5O9S2. The average molecular weight is 796 g/mol. The van der Waals surface area contributed by atoms with E-state index in [1.165, 1.54) is 16.2 Å². The van der Waals surface area contributed by atoms with Crippen LogP contribution in [0, 0.1) is 23.7 Å². The molecule has 296 valence electrons. The minimum absolute atomic E-state index is 0.129. The van der Waals surface area contributed by atoms with Crippen molar-refractivity contribution in [3.63, 3.8) is 0 Å². The quantitative estimate of drug-likeness (QED) is 0.281. The van der Waals surface area contributed by atoms with Crippen molar-refractivity contribution in [1.29, 1.82) is 0 Å². The molecule has 16 heteroatoms. The SMILES string of the molecule is COc1ccc(-c2csc(C(=O)N3C[C@H]4CN5C(=O)[C@@H](CC(=O)OC(C)C)CCCCC/C=C\[C@@H]6C[C@@]6(C(=O)NS(=O)(=O)C6CC6)NC(=O)[C@@H]5[C@H]4C3)n2)cc1. The van der Waals surface area contributed by atoms with Crippen molar-refractivity contribution in [3.8, 4) is 17.0 Å². The van der Waals surface area contributed by atoms with Gasteiger partial charge < -0.3 is 24.6 Å². The third-order valence-electron chi connectivity index (χ3n) is 11.5. The molecule has 3 aliphatic heterocycles. The van der Waals surface area contributed by atoms with E-state index >= 15 is 0 Å². The van der Waals surface area contributed by atoms with Gasteiger partial charge in [0.2, 0.25) is 21.8 Å². The Morgan fingerprint density at radius 3 is 2.53 bits per heavy atom. The van der Waals surface area contributed by atoms with Gasteiger partial charge in [0.25, 0.3) is 11.8 Å². The lowest BCUT2D eigenvalue weighted by atomic mass is 9.92. The minimum Gasteiger partial charge on any atom is -0.497 e. The number of fused-ring (bicyclic) bond motifs is 4. The fourth-order valence-electron chi connectivity index (χ4n) is 8.28. The summed E-state index contributed by atoms with van der Waals surface area (Å²) < 4.78 is 38.7. The van der Waals surface area contributed by atoms with Crippen molar-refractivity contribution in [3.05, 3.63) is 46.8 Å². The lowest BCUT2D eigenvalue weighted by molar-refractivity contribution is -0.153. The number of sulfonamides is 1. The van der Waals surface area contributed by atoms with Crippen LogP contribution in [-0.2, 0) is 33.9 Å². The summed E-state index contributed by atoms with van der Waals surface area (Å²) in [7, 11) is -2.31. The number of carbonyl (C=O) groups excluding carboxylic acids is 5. The van der Waals surface area contributed by atoms with E-state index in [-0.39, 0.29) is 56.3 Å². The molecule has 2 N–H and O–H groups in total. The third-order valence-corrected chi connectivity index (χ3v) is 14.1. The molecule has 2 saturated carbocycles. The molecule has 1 aromatic heterocycles. The van der Waals surface area contributed by atoms with Crippen LogP contribution in [0.3, 0.4) is 0 Å². The Bertz CT molecular complexity index is 1960. The topological polar surface area (TPSA) is 181 Å². The van der Waals surface area contributed by atoms with Crippen LogP contribution in [0.2, 0.25) is 0 Å². The summed E-state index contributed by atoms with van der Waals surface area (Å²) in [6.07, 6.45) is 7.98. The first-order chi connectivity index (χ1) is 26.3. The predicted molar refractivity (Wildman–Crippen MR) is 203 cm³/mol. The lowest BCUT2D eigenvalue weighted by Gasteiger charge is -2.32. The van der Waals surface area contributed by atoms with E-state index in [1.807, 2.05) is 41.8 Å². The van der Waals surface area contributed by atoms with Gasteiger partial charge in [0.15, 0.2) is 5.01 Å². The number of thiazole rings is 1. The van der Waals surface area contributed by atoms with Crippen LogP contribution in [0.4, 0.5) is 0 Å². The van der Waals surface area contributed by atoms with Crippen LogP contribution in [0.15, 0.2) is 41.8 Å². The number of methoxy groups -OCH3 is 1. The smallest absolute Gasteiger partial charge is 0.306 e. The van der Waals surface area contributed by atoms with Crippen molar-refractivity contribution in [1.82, 2.24) is 24.8 Å². The van der Waals surface area contributed by atoms with E-state index in [9.17, 15) is 32.4 Å². The number of nitrogens with zero attached hydrogens (tertiary/aromatic N) is 3. The molecule has 0 spiro atoms. The Morgan fingerprint density at radius 1 is 1.05 bits per heavy atom. The molecule has 4 fully saturated rings. The lowest BCUT2D eigenvalue weighted by Crippen LogP contribution is -2.58. The summed E-state index contributed by atoms with van der Waals surface area (Å²) in [5.41, 5.74) is -0.0233. The maximum atomic E-state index is 14.6. The highest BCUT2D eigenvalue weighted by atomic mass is 32.2. The second-order valence-electron chi connectivity index (χ2n) is 15.8. The van der Waals surface area contributed by atoms with Gasteiger partial charge >= 0.3 is 5.97 Å². The van der Waals surface area contributed by atoms with Crippen LogP contribution in [0.25, 0.3) is 11.3 Å². The van der Waals surface area contributed by atoms with Crippen LogP contribution in [0.1, 0.15) is 81.4 Å². The van der Waals surface area contributed by atoms with Crippen molar-refractivity contribution >= 4 is 51.0 Å². The highest BCUT2D eigenvalue weighted by Crippen LogP contribution is 2.47. The molecule has 2 aliphatic carbocycles. The maximum absolute atomic E-state index is 14.6. The number of aromatic nitrogens is 1. The number of likely N-dealkylation sites (tertiary alicyclic amines) is 1. The summed E-state index contributed by atoms with van der Waals surface area (Å²) >= 11 is 1.23. The molecule has 6 atom stereocenters. The van der Waals surface area contributed by atoms with Gasteiger partial charge in [-0.05, 0) is 76.6 Å². The summed E-state index contributed by atoms with van der Waals surface area (Å²) in [4.78, 5) is 77.6. The molecule has 2 aromatic rings. The summed E-state index contributed by atoms with van der Waals surface area (Å²) in [6, 6.07) is 6.31. The van der Waals surface area contributed by atoms with Crippen molar-refractivity contribution in [2.75, 3.05) is 26.7 Å². The molecule has 4 amide bonds. The number of nitrogens with one attached hydrogen (secondary N) is 2. The zero-order chi connectivity index (χ0) is 39.1. The zero-order valence-corrected chi connectivity index (χ0v) is 33.0. The number of benzene rings is 1. The predicted octanol–water partition coefficient (Wildman–Crippen LogP) is 3.68. The van der Waals surface area contributed by atoms with Crippen LogP contribution >= 0.6 is 11.3 Å². The summed E-state index contributed by atoms with van der Waals surface area (Å²) in [5, 5.41) is 4.42. The first kappa shape index (κ1) is 38.9. The van der Waals surface area contributed by atoms with E-state index in [1.54, 1.807) is 25.9 Å². The largest absolute Gasteiger partial charge is 0.497 e. The van der Waals surface area contributed by atoms with Gasteiger partial charge in [0.1, 0.15) is 17.3 Å². The second-order valence-corrected chi connectivity index (χ2v) is 18.6. The Morgan fingerprint density at radius 2 is 1.82 bits per heavy atom. The van der Waals surface area contributed by atoms with Gasteiger partial charge in [-0.2, -0.15) is 0 Å². The average Bonchev–Trinajstić information content (AvgIpc) is 3.97. The van der Waals surface area contributed by atoms with Gasteiger partial charge in [-0.15, -0.1) is 11.3 Å². The summed E-state index contributed by atoms with van der Waals surface area (Å²) in [6.45, 7) is 4.12. The zero-order valence-electron chi connectivity index (χ0n) is 31.4. The van der Waals surface area contributed by atoms with E-state index in [2.05, 4.69) is 15.0 Å². The first-order valence-corrected chi connectivity index (χ1v) is 21.7. The van der Waals surface area contributed by atoms with Gasteiger partial charge in [0, 0.05) is 54.2 Å². The minimum atomic E-state index is -3.90. The van der Waals surface area contributed by atoms with Gasteiger partial charge in [-0.3, -0.25) is 28.7 Å². The van der Waals surface area contributed by atoms with Crippen LogP contribution in [0.5, 0.6) is 5.75 Å².